The summed E-state index contributed by atoms with van der Waals surface area (Å²) in [6.07, 6.45) is 1.62. The van der Waals surface area contributed by atoms with Gasteiger partial charge in [-0.2, -0.15) is 0 Å². The summed E-state index contributed by atoms with van der Waals surface area (Å²) in [6, 6.07) is 41.9. The van der Waals surface area contributed by atoms with Crippen LogP contribution < -0.4 is 0 Å². The molecule has 0 aliphatic carbocycles. The molecule has 0 saturated carbocycles. The Balaban J connectivity index is 0.000000207. The third-order valence-corrected chi connectivity index (χ3v) is 8.30. The molecule has 0 spiro atoms. The van der Waals surface area contributed by atoms with Crippen LogP contribution in [0.25, 0.3) is 66.7 Å². The molecule has 8 aromatic rings. The first-order valence-electron chi connectivity index (χ1n) is 22.1. The summed E-state index contributed by atoms with van der Waals surface area (Å²) in [5.74, 6) is 0. The average Bonchev–Trinajstić information content (AvgIpc) is 3.62. The molecule has 0 bridgehead atoms. The van der Waals surface area contributed by atoms with E-state index in [2.05, 4.69) is 28.2 Å². The van der Waals surface area contributed by atoms with E-state index in [1.807, 2.05) is 87.5 Å². The van der Waals surface area contributed by atoms with Gasteiger partial charge in [0.2, 0.25) is 0 Å². The maximum Gasteiger partial charge on any atom is 0.120 e. The molecule has 261 valence electrons. The number of benzene rings is 5. The maximum absolute atomic E-state index is 8.51. The summed E-state index contributed by atoms with van der Waals surface area (Å²) in [5.41, 5.74) is 6.94. The number of para-hydroxylation sites is 1. The molecule has 8 rings (SSSR count). The van der Waals surface area contributed by atoms with Crippen LogP contribution in [0.1, 0.15) is 58.1 Å². The monoisotopic (exact) mass is 866 g/mol. The van der Waals surface area contributed by atoms with Crippen molar-refractivity contribution in [3.63, 3.8) is 0 Å². The van der Waals surface area contributed by atoms with Gasteiger partial charge in [0.25, 0.3) is 0 Å². The van der Waals surface area contributed by atoms with Crippen molar-refractivity contribution < 1.29 is 39.6 Å². The zero-order valence-electron chi connectivity index (χ0n) is 39.8. The zero-order valence-corrected chi connectivity index (χ0v) is 31.2. The fourth-order valence-electron chi connectivity index (χ4n) is 5.94. The first kappa shape index (κ1) is 24.9. The number of hydrogen-bond acceptors (Lipinski definition) is 3. The summed E-state index contributed by atoms with van der Waals surface area (Å²) in [4.78, 5) is 8.76. The Hall–Kier alpha value is -5.15. The van der Waals surface area contributed by atoms with Gasteiger partial charge in [0.05, 0.1) is 5.58 Å². The third kappa shape index (κ3) is 8.15. The van der Waals surface area contributed by atoms with Crippen LogP contribution in [-0.4, -0.2) is 9.97 Å². The number of nitrogens with zero attached hydrogens (tertiary/aromatic N) is 2. The fraction of sp³-hybridized carbons (Fsp3) is 0.167. The predicted molar refractivity (Wildman–Crippen MR) is 213 cm³/mol. The van der Waals surface area contributed by atoms with E-state index < -0.39 is 32.3 Å². The molecule has 4 heteroatoms. The smallest absolute Gasteiger partial charge is 0.120 e. The Morgan fingerprint density at radius 2 is 1.52 bits per heavy atom. The Morgan fingerprint density at radius 3 is 2.29 bits per heavy atom. The molecule has 5 aromatic carbocycles. The summed E-state index contributed by atoms with van der Waals surface area (Å²) in [5, 5.41) is 2.13. The second-order valence-electron chi connectivity index (χ2n) is 13.2. The SMILES string of the molecule is [2H]C([2H])([2H])c1ccc(-c2[c-]cc(C([2H])([2H])[2H])c(-c3ccccc3C([2H])([2H])[2H])c2)nc1.[2H]C([2H])(c1ccc(-c2ccnc(-c3[c-]ccc4c3oc3ccccc34)c2)cc1)C(C)(C)C.[Ir]. The van der Waals surface area contributed by atoms with Crippen LogP contribution in [0.3, 0.4) is 0 Å². The van der Waals surface area contributed by atoms with E-state index in [0.717, 1.165) is 44.3 Å². The molecule has 0 aliphatic rings. The van der Waals surface area contributed by atoms with E-state index in [4.69, 9.17) is 19.5 Å². The van der Waals surface area contributed by atoms with Crippen LogP contribution in [0.4, 0.5) is 0 Å². The van der Waals surface area contributed by atoms with Crippen molar-refractivity contribution in [2.75, 3.05) is 0 Å². The third-order valence-electron chi connectivity index (χ3n) is 8.30. The minimum Gasteiger partial charge on any atom is -0.501 e. The van der Waals surface area contributed by atoms with Gasteiger partial charge in [0.1, 0.15) is 5.58 Å². The van der Waals surface area contributed by atoms with Crippen molar-refractivity contribution in [1.29, 1.82) is 0 Å². The Bertz CT molecular complexity index is 2870. The van der Waals surface area contributed by atoms with Crippen LogP contribution in [0.2, 0.25) is 0 Å². The normalized spacial score (nSPS) is 15.3. The van der Waals surface area contributed by atoms with E-state index in [9.17, 15) is 0 Å². The molecular formula is C48H42IrN2O-2. The molecule has 0 fully saturated rings. The maximum atomic E-state index is 8.51. The Morgan fingerprint density at radius 1 is 0.712 bits per heavy atom. The van der Waals surface area contributed by atoms with Gasteiger partial charge in [0, 0.05) is 53.0 Å². The fourth-order valence-corrected chi connectivity index (χ4v) is 5.94. The molecule has 0 atom stereocenters. The summed E-state index contributed by atoms with van der Waals surface area (Å²) in [7, 11) is 0. The van der Waals surface area contributed by atoms with Crippen LogP contribution in [0.15, 0.2) is 138 Å². The van der Waals surface area contributed by atoms with Crippen LogP contribution in [0, 0.1) is 38.1 Å². The van der Waals surface area contributed by atoms with E-state index in [0.29, 0.717) is 16.8 Å². The predicted octanol–water partition coefficient (Wildman–Crippen LogP) is 12.8. The summed E-state index contributed by atoms with van der Waals surface area (Å²) >= 11 is 0. The average molecular weight is 866 g/mol. The van der Waals surface area contributed by atoms with E-state index in [1.54, 1.807) is 24.4 Å². The molecule has 0 unspecified atom stereocenters. The van der Waals surface area contributed by atoms with Gasteiger partial charge in [-0.1, -0.05) is 129 Å². The number of rotatable bonds is 5. The summed E-state index contributed by atoms with van der Waals surface area (Å²) < 4.78 is 92.5. The summed E-state index contributed by atoms with van der Waals surface area (Å²) in [6.45, 7) is -1.43. The van der Waals surface area contributed by atoms with Gasteiger partial charge in [-0.25, -0.2) is 0 Å². The minimum absolute atomic E-state index is 0. The van der Waals surface area contributed by atoms with E-state index >= 15 is 0 Å². The molecule has 0 saturated heterocycles. The van der Waals surface area contributed by atoms with Gasteiger partial charge in [-0.05, 0) is 82.4 Å². The second-order valence-corrected chi connectivity index (χ2v) is 13.2. The standard InChI is InChI=1S/C28H24NO.C20H18N.Ir/c1-28(2,3)18-19-11-13-20(14-12-19)21-15-16-29-25(17-21)24-9-6-8-23-22-7-4-5-10-26(22)30-27(23)24;1-14-8-11-20(21-13-14)17-10-9-16(3)19(12-17)18-7-5-4-6-15(18)2;/h4-8,10-17H,18H2,1-3H3;4-9,11-13H,1-3H3;/q2*-1;/i18D2;1D3,2D3,3D3;. The molecule has 3 heterocycles. The van der Waals surface area contributed by atoms with Crippen molar-refractivity contribution in [2.45, 2.75) is 47.7 Å². The van der Waals surface area contributed by atoms with Gasteiger partial charge in [-0.3, -0.25) is 0 Å². The Labute approximate surface area is 336 Å². The largest absolute Gasteiger partial charge is 0.501 e. The second kappa shape index (κ2) is 15.6. The van der Waals surface area contributed by atoms with Crippen LogP contribution in [0.5, 0.6) is 0 Å². The molecule has 0 N–H and O–H groups in total. The zero-order chi connectivity index (χ0) is 44.8. The number of furan rings is 1. The number of fused-ring (bicyclic) bond motifs is 3. The van der Waals surface area contributed by atoms with Crippen molar-refractivity contribution in [3.8, 4) is 44.8 Å². The number of hydrogen-bond donors (Lipinski definition) is 0. The molecule has 3 nitrogen and oxygen atoms in total. The number of aromatic nitrogens is 2. The topological polar surface area (TPSA) is 38.9 Å². The molecular weight excluding hydrogens is 813 g/mol. The van der Waals surface area contributed by atoms with E-state index in [1.165, 1.54) is 36.5 Å². The number of pyridine rings is 2. The Kier molecular flexibility index (Phi) is 7.49. The van der Waals surface area contributed by atoms with E-state index in [-0.39, 0.29) is 47.9 Å². The molecule has 0 aliphatic heterocycles. The molecule has 0 amide bonds. The van der Waals surface area contributed by atoms with Gasteiger partial charge in [-0.15, -0.1) is 47.5 Å². The van der Waals surface area contributed by atoms with Crippen molar-refractivity contribution in [2.24, 2.45) is 5.41 Å². The van der Waals surface area contributed by atoms with Crippen LogP contribution in [-0.2, 0) is 26.5 Å². The first-order valence-corrected chi connectivity index (χ1v) is 16.6. The van der Waals surface area contributed by atoms with Gasteiger partial charge < -0.3 is 14.4 Å². The van der Waals surface area contributed by atoms with Crippen molar-refractivity contribution in [1.82, 2.24) is 9.97 Å². The number of aryl methyl sites for hydroxylation is 3. The molecule has 1 radical (unpaired) electrons. The van der Waals surface area contributed by atoms with Crippen LogP contribution >= 0.6 is 0 Å². The van der Waals surface area contributed by atoms with Crippen molar-refractivity contribution >= 4 is 21.9 Å². The van der Waals surface area contributed by atoms with Gasteiger partial charge in [0.15, 0.2) is 0 Å². The first-order chi connectivity index (χ1) is 29.0. The molecule has 52 heavy (non-hydrogen) atoms. The van der Waals surface area contributed by atoms with Crippen molar-refractivity contribution in [3.05, 3.63) is 168 Å². The minimum atomic E-state index is -2.48. The molecule has 3 aromatic heterocycles. The van der Waals surface area contributed by atoms with Gasteiger partial charge >= 0.3 is 0 Å². The quantitative estimate of drug-likeness (QED) is 0.162.